The Bertz CT molecular complexity index is 237. The lowest BCUT2D eigenvalue weighted by Crippen LogP contribution is -2.02. The molecule has 0 spiro atoms. The zero-order chi connectivity index (χ0) is 8.10. The van der Waals surface area contributed by atoms with Crippen LogP contribution in [0.1, 0.15) is 0 Å². The molecule has 0 atom stereocenters. The molecule has 0 radical (unpaired) electrons. The van der Waals surface area contributed by atoms with Crippen molar-refractivity contribution in [1.82, 2.24) is 0 Å². The maximum Gasteiger partial charge on any atom is 0.390 e. The van der Waals surface area contributed by atoms with Crippen LogP contribution in [-0.2, 0) is 4.84 Å². The fourth-order valence-corrected chi connectivity index (χ4v) is 1.14. The summed E-state index contributed by atoms with van der Waals surface area (Å²) in [7, 11) is 0. The molecule has 0 amide bonds. The van der Waals surface area contributed by atoms with Crippen LogP contribution in [0.25, 0.3) is 0 Å². The van der Waals surface area contributed by atoms with Gasteiger partial charge in [-0.2, -0.15) is 5.90 Å². The van der Waals surface area contributed by atoms with Crippen molar-refractivity contribution in [2.24, 2.45) is 5.90 Å². The van der Waals surface area contributed by atoms with E-state index in [0.717, 1.165) is 16.7 Å². The number of benzene rings is 1. The maximum absolute atomic E-state index is 10.6. The number of thioether (sulfide) groups is 1. The third-order valence-electron chi connectivity index (χ3n) is 1.04. The topological polar surface area (TPSA) is 52.3 Å². The van der Waals surface area contributed by atoms with Gasteiger partial charge in [0, 0.05) is 4.90 Å². The first kappa shape index (κ1) is 8.10. The van der Waals surface area contributed by atoms with Gasteiger partial charge in [-0.25, -0.2) is 4.79 Å². The molecular formula is C7H7NO2S. The molecule has 4 heteroatoms. The Morgan fingerprint density at radius 3 is 2.55 bits per heavy atom. The molecule has 3 nitrogen and oxygen atoms in total. The first-order chi connectivity index (χ1) is 5.33. The van der Waals surface area contributed by atoms with Gasteiger partial charge in [-0.1, -0.05) is 18.2 Å². The highest BCUT2D eigenvalue weighted by molar-refractivity contribution is 8.13. The number of carbonyl (C=O) groups excluding carboxylic acids is 1. The first-order valence-corrected chi connectivity index (χ1v) is 3.78. The highest BCUT2D eigenvalue weighted by atomic mass is 32.2. The lowest BCUT2D eigenvalue weighted by Gasteiger charge is -1.95. The zero-order valence-electron chi connectivity index (χ0n) is 5.69. The van der Waals surface area contributed by atoms with Gasteiger partial charge in [0.25, 0.3) is 0 Å². The van der Waals surface area contributed by atoms with Crippen molar-refractivity contribution >= 4 is 17.1 Å². The van der Waals surface area contributed by atoms with Crippen molar-refractivity contribution < 1.29 is 9.63 Å². The fraction of sp³-hybridized carbons (Fsp3) is 0. The van der Waals surface area contributed by atoms with Gasteiger partial charge in [0.15, 0.2) is 0 Å². The van der Waals surface area contributed by atoms with Crippen LogP contribution in [0.4, 0.5) is 4.79 Å². The summed E-state index contributed by atoms with van der Waals surface area (Å²) >= 11 is 0.957. The van der Waals surface area contributed by atoms with E-state index in [2.05, 4.69) is 10.7 Å². The van der Waals surface area contributed by atoms with Gasteiger partial charge in [-0.3, -0.25) is 0 Å². The minimum absolute atomic E-state index is 0.504. The molecule has 0 bridgehead atoms. The molecule has 1 aromatic rings. The molecule has 0 aliphatic carbocycles. The van der Waals surface area contributed by atoms with Crippen LogP contribution in [-0.4, -0.2) is 5.30 Å². The average Bonchev–Trinajstić information content (AvgIpc) is 2.06. The van der Waals surface area contributed by atoms with Crippen molar-refractivity contribution in [2.45, 2.75) is 4.90 Å². The zero-order valence-corrected chi connectivity index (χ0v) is 6.51. The van der Waals surface area contributed by atoms with Crippen LogP contribution in [0.2, 0.25) is 0 Å². The summed E-state index contributed by atoms with van der Waals surface area (Å²) in [5, 5.41) is -0.504. The molecule has 2 N–H and O–H groups in total. The van der Waals surface area contributed by atoms with E-state index in [0.29, 0.717) is 0 Å². The third kappa shape index (κ3) is 2.61. The van der Waals surface area contributed by atoms with Crippen LogP contribution < -0.4 is 5.90 Å². The average molecular weight is 169 g/mol. The molecule has 11 heavy (non-hydrogen) atoms. The maximum atomic E-state index is 10.6. The first-order valence-electron chi connectivity index (χ1n) is 2.96. The van der Waals surface area contributed by atoms with E-state index in [4.69, 9.17) is 0 Å². The van der Waals surface area contributed by atoms with Crippen molar-refractivity contribution in [2.75, 3.05) is 0 Å². The molecule has 1 aromatic carbocycles. The monoisotopic (exact) mass is 169 g/mol. The van der Waals surface area contributed by atoms with Crippen LogP contribution in [0.15, 0.2) is 35.2 Å². The quantitative estimate of drug-likeness (QED) is 0.514. The minimum Gasteiger partial charge on any atom is -0.365 e. The Kier molecular flexibility index (Phi) is 2.95. The summed E-state index contributed by atoms with van der Waals surface area (Å²) in [5.74, 6) is 4.65. The number of nitrogens with two attached hydrogens (primary N) is 1. The Labute approximate surface area is 68.5 Å². The van der Waals surface area contributed by atoms with Crippen molar-refractivity contribution in [1.29, 1.82) is 0 Å². The van der Waals surface area contributed by atoms with E-state index < -0.39 is 5.30 Å². The van der Waals surface area contributed by atoms with Crippen molar-refractivity contribution in [3.05, 3.63) is 30.3 Å². The fourth-order valence-electron chi connectivity index (χ4n) is 0.609. The summed E-state index contributed by atoms with van der Waals surface area (Å²) in [6, 6.07) is 9.17. The molecule has 1 rings (SSSR count). The summed E-state index contributed by atoms with van der Waals surface area (Å²) in [4.78, 5) is 15.4. The van der Waals surface area contributed by atoms with E-state index in [1.54, 1.807) is 0 Å². The molecule has 0 aromatic heterocycles. The highest BCUT2D eigenvalue weighted by Gasteiger charge is 2.01. The van der Waals surface area contributed by atoms with Gasteiger partial charge in [-0.15, -0.1) is 0 Å². The van der Waals surface area contributed by atoms with E-state index in [-0.39, 0.29) is 0 Å². The molecule has 0 saturated carbocycles. The number of hydrogen-bond donors (Lipinski definition) is 1. The second kappa shape index (κ2) is 4.00. The van der Waals surface area contributed by atoms with Crippen LogP contribution >= 0.6 is 11.8 Å². The Morgan fingerprint density at radius 2 is 2.00 bits per heavy atom. The van der Waals surface area contributed by atoms with Crippen molar-refractivity contribution in [3.8, 4) is 0 Å². The second-order valence-corrected chi connectivity index (χ2v) is 2.79. The van der Waals surface area contributed by atoms with Gasteiger partial charge >= 0.3 is 5.30 Å². The molecule has 0 fully saturated rings. The molecule has 58 valence electrons. The van der Waals surface area contributed by atoms with Crippen molar-refractivity contribution in [3.63, 3.8) is 0 Å². The molecule has 0 saturated heterocycles. The second-order valence-electron chi connectivity index (χ2n) is 1.78. The number of rotatable bonds is 1. The molecule has 0 aliphatic heterocycles. The van der Waals surface area contributed by atoms with E-state index in [1.807, 2.05) is 30.3 Å². The molecule has 0 heterocycles. The van der Waals surface area contributed by atoms with Crippen LogP contribution in [0, 0.1) is 0 Å². The van der Waals surface area contributed by atoms with Gasteiger partial charge in [0.2, 0.25) is 0 Å². The standard InChI is InChI=1S/C7H7NO2S/c8-10-7(9)11-6-4-2-1-3-5-6/h1-5H,8H2. The number of hydrogen-bond acceptors (Lipinski definition) is 4. The van der Waals surface area contributed by atoms with Gasteiger partial charge < -0.3 is 4.84 Å². The van der Waals surface area contributed by atoms with E-state index >= 15 is 0 Å². The lowest BCUT2D eigenvalue weighted by molar-refractivity contribution is 0.177. The number of carbonyl (C=O) groups is 1. The Hall–Kier alpha value is -1.00. The van der Waals surface area contributed by atoms with Crippen LogP contribution in [0.3, 0.4) is 0 Å². The lowest BCUT2D eigenvalue weighted by atomic mass is 10.4. The van der Waals surface area contributed by atoms with E-state index in [9.17, 15) is 4.79 Å². The Morgan fingerprint density at radius 1 is 1.36 bits per heavy atom. The summed E-state index contributed by atoms with van der Waals surface area (Å²) in [5.41, 5.74) is 0. The predicted molar refractivity (Wildman–Crippen MR) is 43.0 cm³/mol. The molecular weight excluding hydrogens is 162 g/mol. The highest BCUT2D eigenvalue weighted by Crippen LogP contribution is 2.17. The molecule has 0 unspecified atom stereocenters. The molecule has 0 aliphatic rings. The smallest absolute Gasteiger partial charge is 0.365 e. The van der Waals surface area contributed by atoms with Gasteiger partial charge in [0.1, 0.15) is 0 Å². The minimum atomic E-state index is -0.504. The predicted octanol–water partition coefficient (Wildman–Crippen LogP) is 1.79. The SMILES string of the molecule is NOC(=O)Sc1ccccc1. The van der Waals surface area contributed by atoms with E-state index in [1.165, 1.54) is 0 Å². The third-order valence-corrected chi connectivity index (χ3v) is 1.81. The van der Waals surface area contributed by atoms with Gasteiger partial charge in [-0.05, 0) is 23.9 Å². The summed E-state index contributed by atoms with van der Waals surface area (Å²) in [6.45, 7) is 0. The normalized spacial score (nSPS) is 9.18. The Balaban J connectivity index is 2.58. The summed E-state index contributed by atoms with van der Waals surface area (Å²) < 4.78 is 0. The largest absolute Gasteiger partial charge is 0.390 e. The van der Waals surface area contributed by atoms with Crippen LogP contribution in [0.5, 0.6) is 0 Å². The summed E-state index contributed by atoms with van der Waals surface area (Å²) in [6.07, 6.45) is 0. The van der Waals surface area contributed by atoms with Gasteiger partial charge in [0.05, 0.1) is 0 Å².